The third-order valence-corrected chi connectivity index (χ3v) is 3.36. The van der Waals surface area contributed by atoms with E-state index in [0.29, 0.717) is 18.0 Å². The van der Waals surface area contributed by atoms with Crippen molar-refractivity contribution in [2.75, 3.05) is 13.2 Å². The lowest BCUT2D eigenvalue weighted by Gasteiger charge is -2.14. The standard InChI is InChI=1S/C13H19BrFNO/c1-2-10(5-6-17)8-16-9-11-7-12(14)3-4-13(11)15/h3-4,7,10,16-17H,2,5-6,8-9H2,1H3. The molecule has 2 nitrogen and oxygen atoms in total. The molecule has 0 spiro atoms. The summed E-state index contributed by atoms with van der Waals surface area (Å²) in [7, 11) is 0. The predicted molar refractivity (Wildman–Crippen MR) is 71.3 cm³/mol. The fraction of sp³-hybridized carbons (Fsp3) is 0.538. The third-order valence-electron chi connectivity index (χ3n) is 2.87. The molecule has 0 aromatic heterocycles. The summed E-state index contributed by atoms with van der Waals surface area (Å²) in [5.41, 5.74) is 0.665. The number of rotatable bonds is 7. The number of hydrogen-bond acceptors (Lipinski definition) is 2. The summed E-state index contributed by atoms with van der Waals surface area (Å²) in [6.07, 6.45) is 1.82. The largest absolute Gasteiger partial charge is 0.396 e. The molecule has 1 aromatic carbocycles. The highest BCUT2D eigenvalue weighted by Crippen LogP contribution is 2.15. The minimum Gasteiger partial charge on any atom is -0.396 e. The molecular formula is C13H19BrFNO. The number of aliphatic hydroxyl groups excluding tert-OH is 1. The van der Waals surface area contributed by atoms with Gasteiger partial charge in [-0.1, -0.05) is 29.3 Å². The van der Waals surface area contributed by atoms with Crippen molar-refractivity contribution < 1.29 is 9.50 Å². The molecule has 0 saturated carbocycles. The monoisotopic (exact) mass is 303 g/mol. The molecule has 0 radical (unpaired) electrons. The van der Waals surface area contributed by atoms with Crippen molar-refractivity contribution in [2.24, 2.45) is 5.92 Å². The zero-order valence-corrected chi connectivity index (χ0v) is 11.6. The van der Waals surface area contributed by atoms with Crippen molar-refractivity contribution in [1.82, 2.24) is 5.32 Å². The van der Waals surface area contributed by atoms with Crippen molar-refractivity contribution in [2.45, 2.75) is 26.3 Å². The molecular weight excluding hydrogens is 285 g/mol. The van der Waals surface area contributed by atoms with Gasteiger partial charge < -0.3 is 10.4 Å². The Labute approximate surface area is 110 Å². The Bertz CT molecular complexity index is 346. The van der Waals surface area contributed by atoms with Crippen LogP contribution in [0.1, 0.15) is 25.3 Å². The Hall–Kier alpha value is -0.450. The average molecular weight is 304 g/mol. The second-order valence-electron chi connectivity index (χ2n) is 4.15. The van der Waals surface area contributed by atoms with Crippen LogP contribution in [0.3, 0.4) is 0 Å². The number of hydrogen-bond donors (Lipinski definition) is 2. The van der Waals surface area contributed by atoms with Crippen molar-refractivity contribution in [3.05, 3.63) is 34.1 Å². The highest BCUT2D eigenvalue weighted by molar-refractivity contribution is 9.10. The summed E-state index contributed by atoms with van der Waals surface area (Å²) in [6.45, 7) is 3.64. The Kier molecular flexibility index (Phi) is 6.70. The zero-order valence-electron chi connectivity index (χ0n) is 10.0. The van der Waals surface area contributed by atoms with Crippen LogP contribution in [0.25, 0.3) is 0 Å². The van der Waals surface area contributed by atoms with E-state index in [1.807, 2.05) is 0 Å². The molecule has 1 aromatic rings. The lowest BCUT2D eigenvalue weighted by molar-refractivity contribution is 0.251. The topological polar surface area (TPSA) is 32.3 Å². The maximum atomic E-state index is 13.4. The van der Waals surface area contributed by atoms with Gasteiger partial charge in [0.2, 0.25) is 0 Å². The summed E-state index contributed by atoms with van der Waals surface area (Å²) in [6, 6.07) is 4.95. The van der Waals surface area contributed by atoms with Gasteiger partial charge in [-0.3, -0.25) is 0 Å². The number of nitrogens with one attached hydrogen (secondary N) is 1. The van der Waals surface area contributed by atoms with Crippen LogP contribution in [0.2, 0.25) is 0 Å². The Morgan fingerprint density at radius 1 is 1.47 bits per heavy atom. The Balaban J connectivity index is 2.42. The first-order chi connectivity index (χ1) is 8.17. The molecule has 0 amide bonds. The first kappa shape index (κ1) is 14.6. The summed E-state index contributed by atoms with van der Waals surface area (Å²) in [5.74, 6) is 0.270. The van der Waals surface area contributed by atoms with Crippen LogP contribution >= 0.6 is 15.9 Å². The van der Waals surface area contributed by atoms with E-state index in [-0.39, 0.29) is 12.4 Å². The van der Waals surface area contributed by atoms with E-state index in [1.165, 1.54) is 6.07 Å². The first-order valence-corrected chi connectivity index (χ1v) is 6.72. The van der Waals surface area contributed by atoms with E-state index in [0.717, 1.165) is 23.9 Å². The van der Waals surface area contributed by atoms with Crippen LogP contribution in [0.5, 0.6) is 0 Å². The van der Waals surface area contributed by atoms with Crippen molar-refractivity contribution in [3.63, 3.8) is 0 Å². The van der Waals surface area contributed by atoms with Crippen LogP contribution in [-0.2, 0) is 6.54 Å². The molecule has 0 saturated heterocycles. The lowest BCUT2D eigenvalue weighted by atomic mass is 10.0. The fourth-order valence-electron chi connectivity index (χ4n) is 1.72. The van der Waals surface area contributed by atoms with Gasteiger partial charge in [0.15, 0.2) is 0 Å². The van der Waals surface area contributed by atoms with E-state index < -0.39 is 0 Å². The molecule has 1 unspecified atom stereocenters. The van der Waals surface area contributed by atoms with Gasteiger partial charge >= 0.3 is 0 Å². The van der Waals surface area contributed by atoms with E-state index >= 15 is 0 Å². The zero-order chi connectivity index (χ0) is 12.7. The lowest BCUT2D eigenvalue weighted by Crippen LogP contribution is -2.23. The van der Waals surface area contributed by atoms with Crippen molar-refractivity contribution >= 4 is 15.9 Å². The average Bonchev–Trinajstić information content (AvgIpc) is 2.32. The van der Waals surface area contributed by atoms with E-state index in [9.17, 15) is 4.39 Å². The summed E-state index contributed by atoms with van der Waals surface area (Å²) >= 11 is 3.33. The van der Waals surface area contributed by atoms with Gasteiger partial charge in [-0.15, -0.1) is 0 Å². The molecule has 0 heterocycles. The van der Waals surface area contributed by atoms with E-state index in [1.54, 1.807) is 12.1 Å². The van der Waals surface area contributed by atoms with Crippen LogP contribution in [0, 0.1) is 11.7 Å². The molecule has 1 atom stereocenters. The predicted octanol–water partition coefficient (Wildman–Crippen LogP) is 3.09. The molecule has 0 bridgehead atoms. The number of halogens is 2. The highest BCUT2D eigenvalue weighted by Gasteiger charge is 2.06. The Morgan fingerprint density at radius 2 is 2.24 bits per heavy atom. The molecule has 96 valence electrons. The number of benzene rings is 1. The summed E-state index contributed by atoms with van der Waals surface area (Å²) < 4.78 is 14.3. The highest BCUT2D eigenvalue weighted by atomic mass is 79.9. The molecule has 17 heavy (non-hydrogen) atoms. The fourth-order valence-corrected chi connectivity index (χ4v) is 2.13. The van der Waals surface area contributed by atoms with Crippen molar-refractivity contribution in [3.8, 4) is 0 Å². The molecule has 0 fully saturated rings. The van der Waals surface area contributed by atoms with E-state index in [4.69, 9.17) is 5.11 Å². The summed E-state index contributed by atoms with van der Waals surface area (Å²) in [5, 5.41) is 12.1. The van der Waals surface area contributed by atoms with Crippen molar-refractivity contribution in [1.29, 1.82) is 0 Å². The van der Waals surface area contributed by atoms with Gasteiger partial charge in [0.25, 0.3) is 0 Å². The molecule has 1 rings (SSSR count). The minimum atomic E-state index is -0.184. The second kappa shape index (κ2) is 7.80. The molecule has 4 heteroatoms. The first-order valence-electron chi connectivity index (χ1n) is 5.92. The molecule has 0 aliphatic rings. The van der Waals surface area contributed by atoms with Crippen LogP contribution < -0.4 is 5.32 Å². The third kappa shape index (κ3) is 5.15. The number of aliphatic hydroxyl groups is 1. The van der Waals surface area contributed by atoms with Gasteiger partial charge in [-0.25, -0.2) is 4.39 Å². The molecule has 0 aliphatic carbocycles. The minimum absolute atomic E-state index is 0.184. The van der Waals surface area contributed by atoms with Gasteiger partial charge in [0.1, 0.15) is 5.82 Å². The quantitative estimate of drug-likeness (QED) is 0.811. The SMILES string of the molecule is CCC(CCO)CNCc1cc(Br)ccc1F. The van der Waals surface area contributed by atoms with Crippen LogP contribution in [-0.4, -0.2) is 18.3 Å². The van der Waals surface area contributed by atoms with Gasteiger partial charge in [0.05, 0.1) is 0 Å². The van der Waals surface area contributed by atoms with Crippen LogP contribution in [0.4, 0.5) is 4.39 Å². The molecule has 0 aliphatic heterocycles. The van der Waals surface area contributed by atoms with Gasteiger partial charge in [-0.05, 0) is 37.1 Å². The smallest absolute Gasteiger partial charge is 0.127 e. The molecule has 2 N–H and O–H groups in total. The second-order valence-corrected chi connectivity index (χ2v) is 5.07. The summed E-state index contributed by atoms with van der Waals surface area (Å²) in [4.78, 5) is 0. The van der Waals surface area contributed by atoms with Gasteiger partial charge in [-0.2, -0.15) is 0 Å². The maximum Gasteiger partial charge on any atom is 0.127 e. The maximum absolute atomic E-state index is 13.4. The van der Waals surface area contributed by atoms with Crippen LogP contribution in [0.15, 0.2) is 22.7 Å². The normalized spacial score (nSPS) is 12.7. The van der Waals surface area contributed by atoms with Gasteiger partial charge in [0, 0.05) is 23.2 Å². The van der Waals surface area contributed by atoms with E-state index in [2.05, 4.69) is 28.2 Å². The Morgan fingerprint density at radius 3 is 2.88 bits per heavy atom.